The van der Waals surface area contributed by atoms with E-state index in [1.807, 2.05) is 19.0 Å². The highest BCUT2D eigenvalue weighted by molar-refractivity contribution is 5.79. The second kappa shape index (κ2) is 10.4. The van der Waals surface area contributed by atoms with Gasteiger partial charge in [0.05, 0.1) is 6.54 Å². The summed E-state index contributed by atoms with van der Waals surface area (Å²) in [6, 6.07) is 0. The zero-order chi connectivity index (χ0) is 13.1. The summed E-state index contributed by atoms with van der Waals surface area (Å²) in [5, 5.41) is 3.25. The van der Waals surface area contributed by atoms with Crippen LogP contribution in [0.4, 0.5) is 0 Å². The van der Waals surface area contributed by atoms with E-state index in [-0.39, 0.29) is 0 Å². The van der Waals surface area contributed by atoms with Gasteiger partial charge in [0.25, 0.3) is 0 Å². The van der Waals surface area contributed by atoms with Crippen LogP contribution in [0.15, 0.2) is 4.99 Å². The topological polar surface area (TPSA) is 40.1 Å². The summed E-state index contributed by atoms with van der Waals surface area (Å²) in [6.45, 7) is 6.67. The number of rotatable bonds is 8. The normalized spacial score (nSPS) is 12.0. The molecule has 0 aromatic carbocycles. The number of methoxy groups -OCH3 is 1. The molecule has 0 aliphatic heterocycles. The first kappa shape index (κ1) is 16.2. The minimum atomic E-state index is 0.823. The van der Waals surface area contributed by atoms with Crippen molar-refractivity contribution in [2.24, 2.45) is 4.99 Å². The third kappa shape index (κ3) is 8.94. The fraction of sp³-hybridized carbons (Fsp3) is 0.917. The molecule has 0 aromatic heterocycles. The average Bonchev–Trinajstić information content (AvgIpc) is 2.28. The van der Waals surface area contributed by atoms with Gasteiger partial charge < -0.3 is 19.9 Å². The van der Waals surface area contributed by atoms with Gasteiger partial charge in [-0.3, -0.25) is 4.99 Å². The summed E-state index contributed by atoms with van der Waals surface area (Å²) in [5.74, 6) is 0.956. The molecule has 0 radical (unpaired) electrons. The Labute approximate surface area is 106 Å². The van der Waals surface area contributed by atoms with Crippen molar-refractivity contribution in [2.75, 3.05) is 61.0 Å². The summed E-state index contributed by atoms with van der Waals surface area (Å²) >= 11 is 0. The van der Waals surface area contributed by atoms with Gasteiger partial charge in [0.1, 0.15) is 0 Å². The predicted molar refractivity (Wildman–Crippen MR) is 73.7 cm³/mol. The molecule has 0 amide bonds. The van der Waals surface area contributed by atoms with E-state index in [0.29, 0.717) is 0 Å². The van der Waals surface area contributed by atoms with Crippen LogP contribution in [0.1, 0.15) is 13.3 Å². The number of nitrogens with zero attached hydrogens (tertiary/aromatic N) is 3. The van der Waals surface area contributed by atoms with Crippen molar-refractivity contribution < 1.29 is 4.74 Å². The number of likely N-dealkylation sites (N-methyl/N-ethyl adjacent to an activating group) is 1. The van der Waals surface area contributed by atoms with E-state index in [1.165, 1.54) is 0 Å². The summed E-state index contributed by atoms with van der Waals surface area (Å²) in [7, 11) is 7.87. The third-order valence-electron chi connectivity index (χ3n) is 2.39. The molecule has 0 spiro atoms. The first-order valence-corrected chi connectivity index (χ1v) is 6.25. The highest BCUT2D eigenvalue weighted by Crippen LogP contribution is 1.89. The van der Waals surface area contributed by atoms with Gasteiger partial charge in [0.15, 0.2) is 5.96 Å². The molecule has 0 bridgehead atoms. The highest BCUT2D eigenvalue weighted by atomic mass is 16.5. The van der Waals surface area contributed by atoms with Crippen LogP contribution >= 0.6 is 0 Å². The Balaban J connectivity index is 3.80. The van der Waals surface area contributed by atoms with Crippen LogP contribution in [0.25, 0.3) is 0 Å². The number of hydrogen-bond acceptors (Lipinski definition) is 3. The lowest BCUT2D eigenvalue weighted by molar-refractivity contribution is 0.180. The van der Waals surface area contributed by atoms with Gasteiger partial charge in [-0.2, -0.15) is 0 Å². The van der Waals surface area contributed by atoms with Crippen LogP contribution in [-0.4, -0.2) is 76.8 Å². The van der Waals surface area contributed by atoms with Crippen LogP contribution in [0.3, 0.4) is 0 Å². The molecule has 0 fully saturated rings. The molecule has 0 aromatic rings. The smallest absolute Gasteiger partial charge is 0.193 e. The van der Waals surface area contributed by atoms with Crippen LogP contribution in [0.2, 0.25) is 0 Å². The standard InChI is InChI=1S/C12H28N4O/c1-6-13-12(15(2)3)14-8-10-16(4)9-7-11-17-5/h6-11H2,1-5H3,(H,13,14). The van der Waals surface area contributed by atoms with E-state index in [0.717, 1.165) is 45.2 Å². The molecule has 1 N–H and O–H groups in total. The maximum Gasteiger partial charge on any atom is 0.193 e. The third-order valence-corrected chi connectivity index (χ3v) is 2.39. The second-order valence-electron chi connectivity index (χ2n) is 4.28. The molecule has 5 heteroatoms. The maximum atomic E-state index is 5.03. The molecule has 0 saturated heterocycles. The molecule has 0 saturated carbocycles. The molecular formula is C12H28N4O. The summed E-state index contributed by atoms with van der Waals surface area (Å²) in [6.07, 6.45) is 1.07. The molecule has 102 valence electrons. The molecule has 0 unspecified atom stereocenters. The zero-order valence-corrected chi connectivity index (χ0v) is 12.0. The molecule has 0 heterocycles. The molecule has 5 nitrogen and oxygen atoms in total. The Morgan fingerprint density at radius 1 is 1.24 bits per heavy atom. The quantitative estimate of drug-likeness (QED) is 0.383. The zero-order valence-electron chi connectivity index (χ0n) is 12.0. The SMILES string of the molecule is CCNC(=NCCN(C)CCCOC)N(C)C. The number of hydrogen-bond donors (Lipinski definition) is 1. The van der Waals surface area contributed by atoms with Gasteiger partial charge in [-0.15, -0.1) is 0 Å². The number of ether oxygens (including phenoxy) is 1. The Bertz CT molecular complexity index is 207. The first-order valence-electron chi connectivity index (χ1n) is 6.25. The van der Waals surface area contributed by atoms with Crippen molar-refractivity contribution in [3.8, 4) is 0 Å². The lowest BCUT2D eigenvalue weighted by Gasteiger charge is -2.18. The maximum absolute atomic E-state index is 5.03. The van der Waals surface area contributed by atoms with E-state index >= 15 is 0 Å². The Hall–Kier alpha value is -0.810. The minimum Gasteiger partial charge on any atom is -0.385 e. The van der Waals surface area contributed by atoms with Crippen molar-refractivity contribution in [1.29, 1.82) is 0 Å². The van der Waals surface area contributed by atoms with Gasteiger partial charge >= 0.3 is 0 Å². The van der Waals surface area contributed by atoms with Crippen molar-refractivity contribution in [3.05, 3.63) is 0 Å². The van der Waals surface area contributed by atoms with E-state index in [2.05, 4.69) is 29.2 Å². The molecule has 17 heavy (non-hydrogen) atoms. The van der Waals surface area contributed by atoms with Crippen LogP contribution in [0, 0.1) is 0 Å². The van der Waals surface area contributed by atoms with Gasteiger partial charge in [-0.1, -0.05) is 0 Å². The van der Waals surface area contributed by atoms with Crippen LogP contribution < -0.4 is 5.32 Å². The monoisotopic (exact) mass is 244 g/mol. The van der Waals surface area contributed by atoms with Gasteiger partial charge in [-0.25, -0.2) is 0 Å². The number of aliphatic imine (C=N–C) groups is 1. The predicted octanol–water partition coefficient (Wildman–Crippen LogP) is 0.482. The van der Waals surface area contributed by atoms with E-state index in [9.17, 15) is 0 Å². The summed E-state index contributed by atoms with van der Waals surface area (Å²) in [4.78, 5) is 8.83. The van der Waals surface area contributed by atoms with E-state index in [1.54, 1.807) is 7.11 Å². The molecule has 0 aliphatic rings. The lowest BCUT2D eigenvalue weighted by atomic mass is 10.4. The van der Waals surface area contributed by atoms with Gasteiger partial charge in [0, 0.05) is 47.4 Å². The fourth-order valence-corrected chi connectivity index (χ4v) is 1.43. The minimum absolute atomic E-state index is 0.823. The average molecular weight is 244 g/mol. The molecule has 0 atom stereocenters. The van der Waals surface area contributed by atoms with Gasteiger partial charge in [0.2, 0.25) is 0 Å². The Morgan fingerprint density at radius 2 is 1.94 bits per heavy atom. The number of guanidine groups is 1. The first-order chi connectivity index (χ1) is 8.11. The van der Waals surface area contributed by atoms with Crippen molar-refractivity contribution in [1.82, 2.24) is 15.1 Å². The van der Waals surface area contributed by atoms with Crippen molar-refractivity contribution in [2.45, 2.75) is 13.3 Å². The van der Waals surface area contributed by atoms with E-state index < -0.39 is 0 Å². The highest BCUT2D eigenvalue weighted by Gasteiger charge is 2.00. The largest absolute Gasteiger partial charge is 0.385 e. The summed E-state index contributed by atoms with van der Waals surface area (Å²) in [5.41, 5.74) is 0. The van der Waals surface area contributed by atoms with Crippen LogP contribution in [-0.2, 0) is 4.74 Å². The van der Waals surface area contributed by atoms with Crippen LogP contribution in [0.5, 0.6) is 0 Å². The fourth-order valence-electron chi connectivity index (χ4n) is 1.43. The molecular weight excluding hydrogens is 216 g/mol. The van der Waals surface area contributed by atoms with Crippen molar-refractivity contribution >= 4 is 5.96 Å². The lowest BCUT2D eigenvalue weighted by Crippen LogP contribution is -2.37. The Kier molecular flexibility index (Phi) is 9.86. The molecule has 0 aliphatic carbocycles. The summed E-state index contributed by atoms with van der Waals surface area (Å²) < 4.78 is 5.03. The Morgan fingerprint density at radius 3 is 2.47 bits per heavy atom. The van der Waals surface area contributed by atoms with Crippen molar-refractivity contribution in [3.63, 3.8) is 0 Å². The second-order valence-corrected chi connectivity index (χ2v) is 4.28. The number of nitrogens with one attached hydrogen (secondary N) is 1. The van der Waals surface area contributed by atoms with E-state index in [4.69, 9.17) is 4.74 Å². The molecule has 0 rings (SSSR count). The van der Waals surface area contributed by atoms with Gasteiger partial charge in [-0.05, 0) is 20.4 Å².